The van der Waals surface area contributed by atoms with E-state index in [2.05, 4.69) is 0 Å². The molecule has 64 valence electrons. The third-order valence-corrected chi connectivity index (χ3v) is 1.48. The summed E-state index contributed by atoms with van der Waals surface area (Å²) in [6, 6.07) is 5.89. The van der Waals surface area contributed by atoms with E-state index >= 15 is 0 Å². The van der Waals surface area contributed by atoms with Gasteiger partial charge in [0.25, 0.3) is 0 Å². The average molecular weight is 175 g/mol. The Balaban J connectivity index is 3.06. The summed E-state index contributed by atoms with van der Waals surface area (Å²) in [4.78, 5) is 9.95. The van der Waals surface area contributed by atoms with E-state index in [0.29, 0.717) is 11.8 Å². The highest BCUT2D eigenvalue weighted by atomic mass is 19.1. The van der Waals surface area contributed by atoms with Gasteiger partial charge in [-0.25, -0.2) is 4.39 Å². The Morgan fingerprint density at radius 3 is 2.77 bits per heavy atom. The van der Waals surface area contributed by atoms with Crippen molar-refractivity contribution in [2.45, 2.75) is 0 Å². The van der Waals surface area contributed by atoms with E-state index in [4.69, 9.17) is 5.26 Å². The number of rotatable bonds is 2. The first-order valence-corrected chi connectivity index (χ1v) is 3.59. The van der Waals surface area contributed by atoms with Crippen molar-refractivity contribution in [3.8, 4) is 6.07 Å². The van der Waals surface area contributed by atoms with Crippen LogP contribution >= 0.6 is 0 Å². The van der Waals surface area contributed by atoms with Crippen LogP contribution in [-0.2, 0) is 4.79 Å². The minimum atomic E-state index is -0.503. The fourth-order valence-corrected chi connectivity index (χ4v) is 0.875. The van der Waals surface area contributed by atoms with Crippen molar-refractivity contribution in [1.82, 2.24) is 0 Å². The van der Waals surface area contributed by atoms with Gasteiger partial charge < -0.3 is 0 Å². The SMILES string of the molecule is N#Cc1ccc(C=CC=O)c(F)c1. The number of nitrogens with zero attached hydrogens (tertiary/aromatic N) is 1. The molecule has 0 fully saturated rings. The van der Waals surface area contributed by atoms with E-state index in [1.54, 1.807) is 0 Å². The number of halogens is 1. The molecule has 0 atom stereocenters. The molecule has 2 nitrogen and oxygen atoms in total. The van der Waals surface area contributed by atoms with Crippen molar-refractivity contribution in [2.75, 3.05) is 0 Å². The molecule has 0 unspecified atom stereocenters. The molecule has 0 saturated carbocycles. The third-order valence-electron chi connectivity index (χ3n) is 1.48. The molecule has 1 rings (SSSR count). The molecule has 0 amide bonds. The van der Waals surface area contributed by atoms with Crippen LogP contribution in [0.5, 0.6) is 0 Å². The summed E-state index contributed by atoms with van der Waals surface area (Å²) in [5.41, 5.74) is 0.562. The topological polar surface area (TPSA) is 40.9 Å². The fourth-order valence-electron chi connectivity index (χ4n) is 0.875. The van der Waals surface area contributed by atoms with Crippen molar-refractivity contribution in [2.24, 2.45) is 0 Å². The van der Waals surface area contributed by atoms with Gasteiger partial charge in [-0.1, -0.05) is 6.07 Å². The molecule has 0 heterocycles. The standard InChI is InChI=1S/C10H6FNO/c11-10-6-8(7-12)3-4-9(10)2-1-5-13/h1-6H. The van der Waals surface area contributed by atoms with Crippen molar-refractivity contribution < 1.29 is 9.18 Å². The predicted molar refractivity (Wildman–Crippen MR) is 46.2 cm³/mol. The lowest BCUT2D eigenvalue weighted by atomic mass is 10.1. The lowest BCUT2D eigenvalue weighted by Crippen LogP contribution is -1.83. The Morgan fingerprint density at radius 1 is 1.46 bits per heavy atom. The molecule has 0 spiro atoms. The van der Waals surface area contributed by atoms with Crippen molar-refractivity contribution >= 4 is 12.4 Å². The maximum absolute atomic E-state index is 13.0. The molecule has 0 N–H and O–H groups in total. The van der Waals surface area contributed by atoms with Gasteiger partial charge in [-0.2, -0.15) is 5.26 Å². The molecule has 0 radical (unpaired) electrons. The van der Waals surface area contributed by atoms with Gasteiger partial charge in [0.1, 0.15) is 12.1 Å². The molecule has 0 aromatic heterocycles. The molecule has 0 aliphatic rings. The number of benzene rings is 1. The van der Waals surface area contributed by atoms with Gasteiger partial charge in [-0.15, -0.1) is 0 Å². The first kappa shape index (κ1) is 9.14. The van der Waals surface area contributed by atoms with Crippen LogP contribution in [0.4, 0.5) is 4.39 Å². The van der Waals surface area contributed by atoms with E-state index in [1.165, 1.54) is 24.3 Å². The van der Waals surface area contributed by atoms with Gasteiger partial charge in [-0.05, 0) is 24.3 Å². The highest BCUT2D eigenvalue weighted by Gasteiger charge is 1.99. The van der Waals surface area contributed by atoms with Crippen LogP contribution in [0.25, 0.3) is 6.08 Å². The van der Waals surface area contributed by atoms with Gasteiger partial charge in [0.15, 0.2) is 0 Å². The largest absolute Gasteiger partial charge is 0.299 e. The summed E-state index contributed by atoms with van der Waals surface area (Å²) in [6.07, 6.45) is 3.12. The summed E-state index contributed by atoms with van der Waals surface area (Å²) in [7, 11) is 0. The van der Waals surface area contributed by atoms with Crippen molar-refractivity contribution in [3.05, 3.63) is 41.2 Å². The summed E-state index contributed by atoms with van der Waals surface area (Å²) < 4.78 is 13.0. The first-order valence-electron chi connectivity index (χ1n) is 3.59. The van der Waals surface area contributed by atoms with E-state index in [1.807, 2.05) is 6.07 Å². The highest BCUT2D eigenvalue weighted by Crippen LogP contribution is 2.10. The molecule has 3 heteroatoms. The maximum Gasteiger partial charge on any atom is 0.142 e. The molecule has 0 bridgehead atoms. The average Bonchev–Trinajstić information content (AvgIpc) is 2.16. The zero-order valence-electron chi connectivity index (χ0n) is 6.70. The molecule has 0 aliphatic heterocycles. The number of nitriles is 1. The summed E-state index contributed by atoms with van der Waals surface area (Å²) >= 11 is 0. The lowest BCUT2D eigenvalue weighted by Gasteiger charge is -1.95. The van der Waals surface area contributed by atoms with E-state index in [0.717, 1.165) is 6.07 Å². The van der Waals surface area contributed by atoms with Crippen LogP contribution < -0.4 is 0 Å². The number of carbonyl (C=O) groups is 1. The number of carbonyl (C=O) groups excluding carboxylic acids is 1. The molecule has 1 aromatic carbocycles. The number of allylic oxidation sites excluding steroid dienone is 1. The Kier molecular flexibility index (Phi) is 2.93. The third kappa shape index (κ3) is 2.24. The molecule has 1 aromatic rings. The van der Waals surface area contributed by atoms with Gasteiger partial charge in [0, 0.05) is 5.56 Å². The summed E-state index contributed by atoms with van der Waals surface area (Å²) in [5, 5.41) is 8.44. The first-order chi connectivity index (χ1) is 6.27. The molecule has 0 saturated heterocycles. The quantitative estimate of drug-likeness (QED) is 0.508. The Hall–Kier alpha value is -1.95. The van der Waals surface area contributed by atoms with Crippen molar-refractivity contribution in [3.63, 3.8) is 0 Å². The van der Waals surface area contributed by atoms with Crippen molar-refractivity contribution in [1.29, 1.82) is 5.26 Å². The number of hydrogen-bond donors (Lipinski definition) is 0. The second-order valence-electron chi connectivity index (χ2n) is 2.34. The minimum Gasteiger partial charge on any atom is -0.299 e. The van der Waals surface area contributed by atoms with Gasteiger partial charge >= 0.3 is 0 Å². The zero-order valence-corrected chi connectivity index (χ0v) is 6.70. The van der Waals surface area contributed by atoms with E-state index < -0.39 is 5.82 Å². The van der Waals surface area contributed by atoms with Crippen LogP contribution in [0.2, 0.25) is 0 Å². The van der Waals surface area contributed by atoms with Crippen LogP contribution in [0.15, 0.2) is 24.3 Å². The van der Waals surface area contributed by atoms with E-state index in [-0.39, 0.29) is 5.56 Å². The van der Waals surface area contributed by atoms with Crippen LogP contribution in [0.1, 0.15) is 11.1 Å². The molecule has 0 aliphatic carbocycles. The van der Waals surface area contributed by atoms with Crippen LogP contribution in [0.3, 0.4) is 0 Å². The van der Waals surface area contributed by atoms with Crippen LogP contribution in [0, 0.1) is 17.1 Å². The van der Waals surface area contributed by atoms with E-state index in [9.17, 15) is 9.18 Å². The Morgan fingerprint density at radius 2 is 2.23 bits per heavy atom. The normalized spacial score (nSPS) is 9.85. The number of hydrogen-bond acceptors (Lipinski definition) is 2. The molecule has 13 heavy (non-hydrogen) atoms. The van der Waals surface area contributed by atoms with Gasteiger partial charge in [0.05, 0.1) is 11.6 Å². The van der Waals surface area contributed by atoms with Crippen LogP contribution in [-0.4, -0.2) is 6.29 Å². The second-order valence-corrected chi connectivity index (χ2v) is 2.34. The smallest absolute Gasteiger partial charge is 0.142 e. The minimum absolute atomic E-state index is 0.265. The monoisotopic (exact) mass is 175 g/mol. The van der Waals surface area contributed by atoms with Gasteiger partial charge in [-0.3, -0.25) is 4.79 Å². The summed E-state index contributed by atoms with van der Waals surface area (Å²) in [5.74, 6) is -0.503. The highest BCUT2D eigenvalue weighted by molar-refractivity contribution is 5.74. The van der Waals surface area contributed by atoms with Gasteiger partial charge in [0.2, 0.25) is 0 Å². The zero-order chi connectivity index (χ0) is 9.68. The number of aldehydes is 1. The second kappa shape index (κ2) is 4.17. The molecular formula is C10H6FNO. The maximum atomic E-state index is 13.0. The Labute approximate surface area is 74.9 Å². The predicted octanol–water partition coefficient (Wildman–Crippen LogP) is 1.91. The Bertz CT molecular complexity index is 390. The lowest BCUT2D eigenvalue weighted by molar-refractivity contribution is -0.104. The fraction of sp³-hybridized carbons (Fsp3) is 0. The summed E-state index contributed by atoms with van der Waals surface area (Å²) in [6.45, 7) is 0. The molecular weight excluding hydrogens is 169 g/mol.